The van der Waals surface area contributed by atoms with Crippen LogP contribution in [0.15, 0.2) is 48.9 Å². The lowest BCUT2D eigenvalue weighted by molar-refractivity contribution is 0.0741. The molecule has 4 rings (SSSR count). The van der Waals surface area contributed by atoms with Crippen LogP contribution < -0.4 is 4.74 Å². The summed E-state index contributed by atoms with van der Waals surface area (Å²) in [7, 11) is -0.563. The largest absolute Gasteiger partial charge is 0.492 e. The summed E-state index contributed by atoms with van der Waals surface area (Å²) >= 11 is 0. The Hall–Kier alpha value is -3.22. The van der Waals surface area contributed by atoms with Gasteiger partial charge in [-0.1, -0.05) is 12.1 Å². The fourth-order valence-electron chi connectivity index (χ4n) is 4.47. The van der Waals surface area contributed by atoms with Gasteiger partial charge in [0.25, 0.3) is 16.1 Å². The van der Waals surface area contributed by atoms with E-state index in [0.717, 1.165) is 17.8 Å². The number of aromatic nitrogens is 4. The molecule has 0 saturated carbocycles. The standard InChI is InChI=1S/C26H37N7O4S/c1-4-32-17-11-24(28-32)26(34)31-13-5-6-16-33(38(35,36)29(2)3)19-20-37-23-10-7-9-22(21-23)25-27-12-18-30(25)14-8-15-31/h7,9-12,17-18,21H,4-6,8,13-16,19-20H2,1-3H3. The van der Waals surface area contributed by atoms with Crippen molar-refractivity contribution in [1.29, 1.82) is 0 Å². The molecule has 2 aromatic heterocycles. The molecule has 0 aliphatic carbocycles. The Bertz CT molecular complexity index is 1320. The lowest BCUT2D eigenvalue weighted by atomic mass is 10.2. The number of carbonyl (C=O) groups is 1. The van der Waals surface area contributed by atoms with Crippen LogP contribution in [0.2, 0.25) is 0 Å². The van der Waals surface area contributed by atoms with Gasteiger partial charge < -0.3 is 14.2 Å². The molecule has 0 fully saturated rings. The zero-order valence-electron chi connectivity index (χ0n) is 22.4. The molecular formula is C26H37N7O4S. The van der Waals surface area contributed by atoms with Crippen LogP contribution in [0.1, 0.15) is 36.7 Å². The number of hydrogen-bond acceptors (Lipinski definition) is 6. The zero-order chi connectivity index (χ0) is 27.1. The average Bonchev–Trinajstić information content (AvgIpc) is 3.58. The number of imidazole rings is 1. The molecule has 2 bridgehead atoms. The van der Waals surface area contributed by atoms with E-state index in [4.69, 9.17) is 4.74 Å². The maximum Gasteiger partial charge on any atom is 0.281 e. The van der Waals surface area contributed by atoms with E-state index in [1.165, 1.54) is 22.7 Å². The van der Waals surface area contributed by atoms with E-state index in [0.29, 0.717) is 57.0 Å². The van der Waals surface area contributed by atoms with Crippen LogP contribution in [0, 0.1) is 0 Å². The number of ether oxygens (including phenoxy) is 1. The first-order valence-corrected chi connectivity index (χ1v) is 14.4. The van der Waals surface area contributed by atoms with Crippen LogP contribution in [0.5, 0.6) is 5.75 Å². The lowest BCUT2D eigenvalue weighted by Crippen LogP contribution is -2.42. The molecule has 1 amide bonds. The highest BCUT2D eigenvalue weighted by molar-refractivity contribution is 7.86. The molecule has 1 aromatic carbocycles. The van der Waals surface area contributed by atoms with Gasteiger partial charge in [0, 0.05) is 77.5 Å². The molecule has 38 heavy (non-hydrogen) atoms. The van der Waals surface area contributed by atoms with Gasteiger partial charge in [0.05, 0.1) is 0 Å². The van der Waals surface area contributed by atoms with E-state index >= 15 is 0 Å². The van der Waals surface area contributed by atoms with Crippen molar-refractivity contribution in [3.05, 3.63) is 54.6 Å². The molecule has 0 unspecified atom stereocenters. The van der Waals surface area contributed by atoms with Gasteiger partial charge in [-0.05, 0) is 44.4 Å². The highest BCUT2D eigenvalue weighted by atomic mass is 32.2. The normalized spacial score (nSPS) is 16.6. The van der Waals surface area contributed by atoms with Gasteiger partial charge in [0.1, 0.15) is 23.9 Å². The second-order valence-corrected chi connectivity index (χ2v) is 11.6. The first kappa shape index (κ1) is 27.8. The van der Waals surface area contributed by atoms with Crippen LogP contribution in [-0.2, 0) is 23.3 Å². The summed E-state index contributed by atoms with van der Waals surface area (Å²) in [5.74, 6) is 1.36. The predicted molar refractivity (Wildman–Crippen MR) is 145 cm³/mol. The van der Waals surface area contributed by atoms with Crippen molar-refractivity contribution >= 4 is 16.1 Å². The van der Waals surface area contributed by atoms with Crippen LogP contribution in [-0.4, -0.2) is 94.0 Å². The van der Waals surface area contributed by atoms with Crippen molar-refractivity contribution in [2.75, 3.05) is 46.9 Å². The molecule has 0 N–H and O–H groups in total. The maximum absolute atomic E-state index is 13.3. The molecule has 0 spiro atoms. The average molecular weight is 544 g/mol. The van der Waals surface area contributed by atoms with Crippen molar-refractivity contribution < 1.29 is 17.9 Å². The summed E-state index contributed by atoms with van der Waals surface area (Å²) in [5, 5.41) is 4.40. The third-order valence-corrected chi connectivity index (χ3v) is 8.53. The molecule has 3 heterocycles. The Morgan fingerprint density at radius 1 is 1.03 bits per heavy atom. The number of amides is 1. The van der Waals surface area contributed by atoms with Gasteiger partial charge >= 0.3 is 0 Å². The topological polar surface area (TPSA) is 106 Å². The number of rotatable bonds is 4. The minimum Gasteiger partial charge on any atom is -0.492 e. The zero-order valence-corrected chi connectivity index (χ0v) is 23.2. The van der Waals surface area contributed by atoms with Gasteiger partial charge in [0.2, 0.25) is 0 Å². The highest BCUT2D eigenvalue weighted by Crippen LogP contribution is 2.23. The third-order valence-electron chi connectivity index (χ3n) is 6.59. The molecule has 0 saturated heterocycles. The minimum atomic E-state index is -3.62. The molecule has 11 nitrogen and oxygen atoms in total. The molecular weight excluding hydrogens is 506 g/mol. The molecule has 0 radical (unpaired) electrons. The second kappa shape index (κ2) is 12.5. The fraction of sp³-hybridized carbons (Fsp3) is 0.500. The first-order valence-electron chi connectivity index (χ1n) is 13.0. The van der Waals surface area contributed by atoms with Gasteiger partial charge in [-0.3, -0.25) is 9.48 Å². The second-order valence-electron chi connectivity index (χ2n) is 9.42. The van der Waals surface area contributed by atoms with Crippen molar-refractivity contribution in [3.63, 3.8) is 0 Å². The van der Waals surface area contributed by atoms with Crippen LogP contribution in [0.3, 0.4) is 0 Å². The summed E-state index contributed by atoms with van der Waals surface area (Å²) in [6.45, 7) is 5.21. The number of benzene rings is 1. The van der Waals surface area contributed by atoms with E-state index in [1.807, 2.05) is 48.5 Å². The summed E-state index contributed by atoms with van der Waals surface area (Å²) in [4.78, 5) is 19.7. The number of hydrogen-bond donors (Lipinski definition) is 0. The predicted octanol–water partition coefficient (Wildman–Crippen LogP) is 2.58. The number of aryl methyl sites for hydroxylation is 2. The van der Waals surface area contributed by atoms with E-state index in [-0.39, 0.29) is 19.1 Å². The van der Waals surface area contributed by atoms with Crippen LogP contribution >= 0.6 is 0 Å². The van der Waals surface area contributed by atoms with Gasteiger partial charge in [-0.2, -0.15) is 22.1 Å². The Kier molecular flexibility index (Phi) is 9.18. The van der Waals surface area contributed by atoms with E-state index in [2.05, 4.69) is 14.6 Å². The smallest absolute Gasteiger partial charge is 0.281 e. The minimum absolute atomic E-state index is 0.111. The van der Waals surface area contributed by atoms with E-state index in [9.17, 15) is 13.2 Å². The van der Waals surface area contributed by atoms with Crippen LogP contribution in [0.25, 0.3) is 11.4 Å². The molecule has 3 aromatic rings. The fourth-order valence-corrected chi connectivity index (χ4v) is 5.59. The monoisotopic (exact) mass is 543 g/mol. The van der Waals surface area contributed by atoms with Crippen molar-refractivity contribution in [3.8, 4) is 17.1 Å². The number of fused-ring (bicyclic) bond motifs is 4. The number of carbonyl (C=O) groups excluding carboxylic acids is 1. The molecule has 206 valence electrons. The van der Waals surface area contributed by atoms with Gasteiger partial charge in [-0.25, -0.2) is 4.98 Å². The SMILES string of the molecule is CCn1ccc(C(=O)N2CCCCN(S(=O)(=O)N(C)C)CCOc3cccc(c3)-c3nccn3CCC2)n1. The summed E-state index contributed by atoms with van der Waals surface area (Å²) < 4.78 is 38.3. The maximum atomic E-state index is 13.3. The first-order chi connectivity index (χ1) is 18.3. The Labute approximate surface area is 224 Å². The number of nitrogens with zero attached hydrogens (tertiary/aromatic N) is 7. The van der Waals surface area contributed by atoms with Gasteiger partial charge in [-0.15, -0.1) is 0 Å². The summed E-state index contributed by atoms with van der Waals surface area (Å²) in [6, 6.07) is 9.41. The van der Waals surface area contributed by atoms with E-state index < -0.39 is 10.2 Å². The van der Waals surface area contributed by atoms with Crippen molar-refractivity contribution in [2.45, 2.75) is 39.3 Å². The Balaban J connectivity index is 1.58. The molecule has 12 heteroatoms. The van der Waals surface area contributed by atoms with E-state index in [1.54, 1.807) is 16.9 Å². The van der Waals surface area contributed by atoms with Gasteiger partial charge in [0.15, 0.2) is 0 Å². The Morgan fingerprint density at radius 2 is 1.82 bits per heavy atom. The lowest BCUT2D eigenvalue weighted by Gasteiger charge is -2.26. The summed E-state index contributed by atoms with van der Waals surface area (Å²) in [6.07, 6.45) is 7.53. The Morgan fingerprint density at radius 3 is 2.58 bits per heavy atom. The molecule has 1 aliphatic rings. The highest BCUT2D eigenvalue weighted by Gasteiger charge is 2.25. The third kappa shape index (κ3) is 6.61. The summed E-state index contributed by atoms with van der Waals surface area (Å²) in [5.41, 5.74) is 1.33. The quantitative estimate of drug-likeness (QED) is 0.501. The van der Waals surface area contributed by atoms with Crippen LogP contribution in [0.4, 0.5) is 0 Å². The van der Waals surface area contributed by atoms with Crippen molar-refractivity contribution in [2.24, 2.45) is 0 Å². The van der Waals surface area contributed by atoms with Crippen molar-refractivity contribution in [1.82, 2.24) is 32.8 Å². The molecule has 0 atom stereocenters. The molecule has 1 aliphatic heterocycles.